The number of halogens is 3. The van der Waals surface area contributed by atoms with Gasteiger partial charge in [-0.2, -0.15) is 13.2 Å². The van der Waals surface area contributed by atoms with Gasteiger partial charge in [-0.25, -0.2) is 4.79 Å². The van der Waals surface area contributed by atoms with E-state index in [0.717, 1.165) is 6.42 Å². The molecule has 1 aliphatic rings. The predicted octanol–water partition coefficient (Wildman–Crippen LogP) is 0.854. The first kappa shape index (κ1) is 15.7. The highest BCUT2D eigenvalue weighted by atomic mass is 19.4. The molecule has 0 bridgehead atoms. The van der Waals surface area contributed by atoms with Crippen LogP contribution in [0.3, 0.4) is 0 Å². The molecule has 0 aromatic carbocycles. The maximum absolute atomic E-state index is 12.3. The van der Waals surface area contributed by atoms with Crippen molar-refractivity contribution in [2.24, 2.45) is 0 Å². The van der Waals surface area contributed by atoms with E-state index < -0.39 is 36.7 Å². The maximum Gasteiger partial charge on any atom is 0.471 e. The molecule has 1 saturated heterocycles. The minimum atomic E-state index is -5.06. The van der Waals surface area contributed by atoms with Crippen LogP contribution in [0.25, 0.3) is 0 Å². The van der Waals surface area contributed by atoms with Crippen molar-refractivity contribution in [3.8, 4) is 0 Å². The van der Waals surface area contributed by atoms with Gasteiger partial charge in [0.2, 0.25) is 0 Å². The number of carbonyl (C=O) groups excluding carboxylic acids is 2. The summed E-state index contributed by atoms with van der Waals surface area (Å²) in [6.07, 6.45) is -5.08. The zero-order chi connectivity index (χ0) is 14.6. The number of aliphatic hydroxyl groups excluding tert-OH is 1. The third-order valence-corrected chi connectivity index (χ3v) is 2.80. The Morgan fingerprint density at radius 1 is 1.42 bits per heavy atom. The molecule has 1 N–H and O–H groups in total. The van der Waals surface area contributed by atoms with Gasteiger partial charge in [-0.05, 0) is 6.42 Å². The second-order valence-electron chi connectivity index (χ2n) is 4.38. The summed E-state index contributed by atoms with van der Waals surface area (Å²) in [5.74, 6) is -3.02. The number of aliphatic hydroxyl groups is 1. The topological polar surface area (TPSA) is 66.8 Å². The standard InChI is InChI=1S/C11H16F3NO4/c1-2-3-4-19-9(17)8-5-7(16)6-15(8)10(18)11(12,13)14/h7-8,16H,2-6H2,1H3/t7-,8+/m1/s1. The van der Waals surface area contributed by atoms with Gasteiger partial charge in [-0.15, -0.1) is 0 Å². The van der Waals surface area contributed by atoms with Gasteiger partial charge in [0, 0.05) is 13.0 Å². The van der Waals surface area contributed by atoms with Gasteiger partial charge in [0.1, 0.15) is 6.04 Å². The number of rotatable bonds is 4. The van der Waals surface area contributed by atoms with Crippen LogP contribution in [0.5, 0.6) is 0 Å². The van der Waals surface area contributed by atoms with Crippen LogP contribution >= 0.6 is 0 Å². The van der Waals surface area contributed by atoms with Crippen molar-refractivity contribution in [1.29, 1.82) is 0 Å². The van der Waals surface area contributed by atoms with E-state index in [1.165, 1.54) is 0 Å². The van der Waals surface area contributed by atoms with Crippen molar-refractivity contribution >= 4 is 11.9 Å². The lowest BCUT2D eigenvalue weighted by atomic mass is 10.2. The summed E-state index contributed by atoms with van der Waals surface area (Å²) in [4.78, 5) is 23.1. The molecule has 5 nitrogen and oxygen atoms in total. The van der Waals surface area contributed by atoms with Gasteiger partial charge in [-0.1, -0.05) is 13.3 Å². The number of unbranched alkanes of at least 4 members (excludes halogenated alkanes) is 1. The summed E-state index contributed by atoms with van der Waals surface area (Å²) in [6, 6.07) is -1.36. The third-order valence-electron chi connectivity index (χ3n) is 2.80. The molecular weight excluding hydrogens is 267 g/mol. The quantitative estimate of drug-likeness (QED) is 0.613. The first-order chi connectivity index (χ1) is 8.77. The number of amides is 1. The van der Waals surface area contributed by atoms with Crippen LogP contribution in [-0.4, -0.2) is 53.4 Å². The van der Waals surface area contributed by atoms with Crippen molar-refractivity contribution in [1.82, 2.24) is 4.90 Å². The Morgan fingerprint density at radius 2 is 2.05 bits per heavy atom. The summed E-state index contributed by atoms with van der Waals surface area (Å²) < 4.78 is 41.8. The van der Waals surface area contributed by atoms with E-state index in [9.17, 15) is 27.9 Å². The molecule has 1 heterocycles. The van der Waals surface area contributed by atoms with E-state index in [0.29, 0.717) is 11.3 Å². The predicted molar refractivity (Wildman–Crippen MR) is 58.0 cm³/mol. The van der Waals surface area contributed by atoms with Crippen molar-refractivity contribution in [3.05, 3.63) is 0 Å². The molecule has 0 aliphatic carbocycles. The highest BCUT2D eigenvalue weighted by molar-refractivity contribution is 5.88. The number of hydrogen-bond donors (Lipinski definition) is 1. The molecular formula is C11H16F3NO4. The van der Waals surface area contributed by atoms with Crippen LogP contribution in [0.15, 0.2) is 0 Å². The summed E-state index contributed by atoms with van der Waals surface area (Å²) in [5.41, 5.74) is 0. The van der Waals surface area contributed by atoms with Crippen LogP contribution in [0.2, 0.25) is 0 Å². The van der Waals surface area contributed by atoms with Gasteiger partial charge in [0.25, 0.3) is 0 Å². The van der Waals surface area contributed by atoms with Gasteiger partial charge in [0.05, 0.1) is 12.7 Å². The summed E-state index contributed by atoms with van der Waals surface area (Å²) in [6.45, 7) is 1.45. The summed E-state index contributed by atoms with van der Waals surface area (Å²) in [7, 11) is 0. The molecule has 1 amide bonds. The van der Waals surface area contributed by atoms with Crippen LogP contribution in [0.4, 0.5) is 13.2 Å². The number of esters is 1. The average Bonchev–Trinajstić information content (AvgIpc) is 2.69. The van der Waals surface area contributed by atoms with E-state index in [2.05, 4.69) is 0 Å². The van der Waals surface area contributed by atoms with E-state index in [-0.39, 0.29) is 13.0 Å². The third kappa shape index (κ3) is 4.09. The first-order valence-electron chi connectivity index (χ1n) is 5.99. The Bertz CT molecular complexity index is 345. The van der Waals surface area contributed by atoms with Crippen LogP contribution < -0.4 is 0 Å². The Morgan fingerprint density at radius 3 is 2.58 bits per heavy atom. The molecule has 0 radical (unpaired) electrons. The van der Waals surface area contributed by atoms with Crippen molar-refractivity contribution in [3.63, 3.8) is 0 Å². The molecule has 0 spiro atoms. The largest absolute Gasteiger partial charge is 0.471 e. The fraction of sp³-hybridized carbons (Fsp3) is 0.818. The smallest absolute Gasteiger partial charge is 0.464 e. The highest BCUT2D eigenvalue weighted by Crippen LogP contribution is 2.26. The Kier molecular flexibility index (Phi) is 5.16. The lowest BCUT2D eigenvalue weighted by molar-refractivity contribution is -0.188. The zero-order valence-corrected chi connectivity index (χ0v) is 10.4. The Labute approximate surface area is 108 Å². The Balaban J connectivity index is 2.69. The minimum Gasteiger partial charge on any atom is -0.464 e. The second kappa shape index (κ2) is 6.23. The minimum absolute atomic E-state index is 0.0932. The molecule has 0 aromatic rings. The van der Waals surface area contributed by atoms with E-state index in [1.807, 2.05) is 6.92 Å². The number of alkyl halides is 3. The molecule has 0 aromatic heterocycles. The van der Waals surface area contributed by atoms with Crippen molar-refractivity contribution in [2.45, 2.75) is 44.5 Å². The molecule has 110 valence electrons. The molecule has 19 heavy (non-hydrogen) atoms. The van der Waals surface area contributed by atoms with Gasteiger partial charge >= 0.3 is 18.1 Å². The summed E-state index contributed by atoms with van der Waals surface area (Å²) >= 11 is 0. The lowest BCUT2D eigenvalue weighted by Gasteiger charge is -2.23. The van der Waals surface area contributed by atoms with Gasteiger partial charge < -0.3 is 14.7 Å². The van der Waals surface area contributed by atoms with E-state index in [4.69, 9.17) is 4.74 Å². The Hall–Kier alpha value is -1.31. The zero-order valence-electron chi connectivity index (χ0n) is 10.4. The molecule has 8 heteroatoms. The molecule has 1 fully saturated rings. The highest BCUT2D eigenvalue weighted by Gasteiger charge is 2.50. The van der Waals surface area contributed by atoms with E-state index in [1.54, 1.807) is 0 Å². The molecule has 2 atom stereocenters. The molecule has 0 unspecified atom stereocenters. The van der Waals surface area contributed by atoms with Crippen LogP contribution in [0, 0.1) is 0 Å². The SMILES string of the molecule is CCCCOC(=O)[C@@H]1C[C@@H](O)CN1C(=O)C(F)(F)F. The second-order valence-corrected chi connectivity index (χ2v) is 4.38. The van der Waals surface area contributed by atoms with Crippen LogP contribution in [0.1, 0.15) is 26.2 Å². The molecule has 1 rings (SSSR count). The summed E-state index contributed by atoms with van der Waals surface area (Å²) in [5, 5.41) is 9.34. The fourth-order valence-electron chi connectivity index (χ4n) is 1.84. The average molecular weight is 283 g/mol. The maximum atomic E-state index is 12.3. The number of carbonyl (C=O) groups is 2. The number of β-amino-alcohol motifs (C(OH)–C–C–N with tert-alkyl or cyclic N) is 1. The normalized spacial score (nSPS) is 23.5. The fourth-order valence-corrected chi connectivity index (χ4v) is 1.84. The van der Waals surface area contributed by atoms with Crippen LogP contribution in [-0.2, 0) is 14.3 Å². The van der Waals surface area contributed by atoms with Crippen molar-refractivity contribution < 1.29 is 32.6 Å². The van der Waals surface area contributed by atoms with Gasteiger partial charge in [-0.3, -0.25) is 4.79 Å². The van der Waals surface area contributed by atoms with Crippen molar-refractivity contribution in [2.75, 3.05) is 13.2 Å². The van der Waals surface area contributed by atoms with Gasteiger partial charge in [0.15, 0.2) is 0 Å². The monoisotopic (exact) mass is 283 g/mol. The number of nitrogens with zero attached hydrogens (tertiary/aromatic N) is 1. The lowest BCUT2D eigenvalue weighted by Crippen LogP contribution is -2.47. The first-order valence-corrected chi connectivity index (χ1v) is 5.99. The number of ether oxygens (including phenoxy) is 1. The number of hydrogen-bond acceptors (Lipinski definition) is 4. The molecule has 0 saturated carbocycles. The molecule has 1 aliphatic heterocycles. The number of likely N-dealkylation sites (tertiary alicyclic amines) is 1. The van der Waals surface area contributed by atoms with E-state index >= 15 is 0 Å².